The maximum absolute atomic E-state index is 11.8. The minimum absolute atomic E-state index is 0.121. The lowest BCUT2D eigenvalue weighted by atomic mass is 10.3. The number of nitrogens with one attached hydrogen (secondary N) is 1. The summed E-state index contributed by atoms with van der Waals surface area (Å²) in [6, 6.07) is 3.75. The number of thioether (sulfide) groups is 1. The van der Waals surface area contributed by atoms with Gasteiger partial charge in [-0.1, -0.05) is 17.7 Å². The van der Waals surface area contributed by atoms with Crippen molar-refractivity contribution in [1.82, 2.24) is 25.1 Å². The van der Waals surface area contributed by atoms with Gasteiger partial charge < -0.3 is 9.88 Å². The molecule has 1 unspecified atom stereocenters. The normalized spacial score (nSPS) is 11.7. The zero-order valence-corrected chi connectivity index (χ0v) is 12.6. The summed E-state index contributed by atoms with van der Waals surface area (Å²) in [5.74, 6) is 2.96. The van der Waals surface area contributed by atoms with E-state index in [0.29, 0.717) is 11.0 Å². The Morgan fingerprint density at radius 3 is 3.05 bits per heavy atom. The van der Waals surface area contributed by atoms with E-state index in [0.717, 1.165) is 5.56 Å². The van der Waals surface area contributed by atoms with Crippen LogP contribution < -0.4 is 5.32 Å². The highest BCUT2D eigenvalue weighted by atomic mass is 32.2. The smallest absolute Gasteiger partial charge is 0.234 e. The second-order valence-corrected chi connectivity index (χ2v) is 5.60. The lowest BCUT2D eigenvalue weighted by Gasteiger charge is -2.10. The molecule has 1 amide bonds. The van der Waals surface area contributed by atoms with Gasteiger partial charge in [0.15, 0.2) is 11.0 Å². The minimum Gasteiger partial charge on any atom is -0.344 e. The lowest BCUT2D eigenvalue weighted by molar-refractivity contribution is -0.120. The fourth-order valence-electron chi connectivity index (χ4n) is 1.66. The van der Waals surface area contributed by atoms with Crippen LogP contribution in [0.4, 0.5) is 0 Å². The van der Waals surface area contributed by atoms with Crippen LogP contribution >= 0.6 is 11.8 Å². The average molecular weight is 301 g/mol. The number of amides is 1. The van der Waals surface area contributed by atoms with Gasteiger partial charge >= 0.3 is 0 Å². The van der Waals surface area contributed by atoms with E-state index in [4.69, 9.17) is 6.42 Å². The molecule has 21 heavy (non-hydrogen) atoms. The second-order valence-electron chi connectivity index (χ2n) is 4.29. The summed E-state index contributed by atoms with van der Waals surface area (Å²) in [7, 11) is 1.86. The molecule has 0 spiro atoms. The van der Waals surface area contributed by atoms with Crippen molar-refractivity contribution in [2.24, 2.45) is 7.05 Å². The highest BCUT2D eigenvalue weighted by Gasteiger charge is 2.18. The Kier molecular flexibility index (Phi) is 4.95. The number of hydrogen-bond donors (Lipinski definition) is 1. The molecule has 2 aromatic heterocycles. The van der Waals surface area contributed by atoms with Crippen molar-refractivity contribution in [2.75, 3.05) is 6.54 Å². The zero-order chi connectivity index (χ0) is 15.2. The molecule has 0 saturated carbocycles. The number of pyridine rings is 1. The largest absolute Gasteiger partial charge is 0.344 e. The van der Waals surface area contributed by atoms with Crippen molar-refractivity contribution in [3.05, 3.63) is 24.5 Å². The summed E-state index contributed by atoms with van der Waals surface area (Å²) in [6.07, 6.45) is 8.54. The van der Waals surface area contributed by atoms with E-state index in [2.05, 4.69) is 26.4 Å². The first kappa shape index (κ1) is 15.1. The molecule has 1 N–H and O–H groups in total. The van der Waals surface area contributed by atoms with Crippen LogP contribution in [0.2, 0.25) is 0 Å². The van der Waals surface area contributed by atoms with Gasteiger partial charge in [0, 0.05) is 25.0 Å². The molecule has 2 rings (SSSR count). The fourth-order valence-corrected chi connectivity index (χ4v) is 2.50. The molecule has 7 heteroatoms. The highest BCUT2D eigenvalue weighted by Crippen LogP contribution is 2.25. The number of nitrogens with zero attached hydrogens (tertiary/aromatic N) is 4. The quantitative estimate of drug-likeness (QED) is 0.661. The Morgan fingerprint density at radius 1 is 1.57 bits per heavy atom. The molecule has 0 saturated heterocycles. The molecule has 0 radical (unpaired) electrons. The Morgan fingerprint density at radius 2 is 2.38 bits per heavy atom. The van der Waals surface area contributed by atoms with E-state index in [9.17, 15) is 4.79 Å². The summed E-state index contributed by atoms with van der Waals surface area (Å²) < 4.78 is 1.84. The number of rotatable bonds is 5. The molecule has 0 aliphatic rings. The van der Waals surface area contributed by atoms with E-state index in [1.54, 1.807) is 19.3 Å². The van der Waals surface area contributed by atoms with E-state index in [1.165, 1.54) is 11.8 Å². The van der Waals surface area contributed by atoms with Crippen LogP contribution in [0, 0.1) is 12.3 Å². The Bertz CT molecular complexity index is 662. The Hall–Kier alpha value is -2.33. The number of carbonyl (C=O) groups excluding carboxylic acids is 1. The van der Waals surface area contributed by atoms with Gasteiger partial charge in [-0.25, -0.2) is 0 Å². The Labute approximate surface area is 127 Å². The van der Waals surface area contributed by atoms with Gasteiger partial charge in [0.2, 0.25) is 5.91 Å². The summed E-state index contributed by atoms with van der Waals surface area (Å²) in [4.78, 5) is 15.9. The molecule has 0 aliphatic carbocycles. The van der Waals surface area contributed by atoms with Gasteiger partial charge in [-0.3, -0.25) is 9.78 Å². The van der Waals surface area contributed by atoms with Crippen molar-refractivity contribution in [1.29, 1.82) is 0 Å². The third kappa shape index (κ3) is 3.61. The topological polar surface area (TPSA) is 72.7 Å². The first-order chi connectivity index (χ1) is 10.1. The van der Waals surface area contributed by atoms with E-state index in [-0.39, 0.29) is 17.7 Å². The van der Waals surface area contributed by atoms with Crippen LogP contribution in [0.3, 0.4) is 0 Å². The first-order valence-corrected chi connectivity index (χ1v) is 7.19. The molecular weight excluding hydrogens is 286 g/mol. The van der Waals surface area contributed by atoms with Crippen LogP contribution in [0.1, 0.15) is 6.92 Å². The van der Waals surface area contributed by atoms with Crippen LogP contribution in [0.25, 0.3) is 11.4 Å². The third-order valence-electron chi connectivity index (χ3n) is 2.77. The molecule has 0 bridgehead atoms. The molecule has 108 valence electrons. The van der Waals surface area contributed by atoms with Crippen molar-refractivity contribution in [3.8, 4) is 23.7 Å². The predicted octanol–water partition coefficient (Wildman–Crippen LogP) is 1.11. The van der Waals surface area contributed by atoms with Gasteiger partial charge in [-0.05, 0) is 19.1 Å². The van der Waals surface area contributed by atoms with Gasteiger partial charge in [0.1, 0.15) is 0 Å². The number of hydrogen-bond acceptors (Lipinski definition) is 5. The van der Waals surface area contributed by atoms with Gasteiger partial charge in [0.25, 0.3) is 0 Å². The van der Waals surface area contributed by atoms with Crippen molar-refractivity contribution in [2.45, 2.75) is 17.3 Å². The maximum Gasteiger partial charge on any atom is 0.234 e. The second kappa shape index (κ2) is 6.90. The van der Waals surface area contributed by atoms with E-state index in [1.807, 2.05) is 23.7 Å². The van der Waals surface area contributed by atoms with E-state index >= 15 is 0 Å². The molecule has 2 heterocycles. The van der Waals surface area contributed by atoms with Crippen molar-refractivity contribution in [3.63, 3.8) is 0 Å². The molecular formula is C14H15N5OS. The summed E-state index contributed by atoms with van der Waals surface area (Å²) in [5, 5.41) is 11.3. The minimum atomic E-state index is -0.303. The van der Waals surface area contributed by atoms with Crippen molar-refractivity contribution < 1.29 is 4.79 Å². The molecule has 1 atom stereocenters. The van der Waals surface area contributed by atoms with E-state index < -0.39 is 0 Å². The number of aromatic nitrogens is 4. The van der Waals surface area contributed by atoms with Crippen LogP contribution in [-0.4, -0.2) is 37.5 Å². The average Bonchev–Trinajstić information content (AvgIpc) is 2.86. The lowest BCUT2D eigenvalue weighted by Crippen LogP contribution is -2.31. The van der Waals surface area contributed by atoms with Crippen LogP contribution in [0.15, 0.2) is 29.7 Å². The number of carbonyl (C=O) groups is 1. The SMILES string of the molecule is C#CCNC(=O)C(C)Sc1nnc(-c2cccnc2)n1C. The van der Waals surface area contributed by atoms with Gasteiger partial charge in [0.05, 0.1) is 11.8 Å². The van der Waals surface area contributed by atoms with Crippen LogP contribution in [-0.2, 0) is 11.8 Å². The highest BCUT2D eigenvalue weighted by molar-refractivity contribution is 8.00. The molecule has 0 aromatic carbocycles. The monoisotopic (exact) mass is 301 g/mol. The Balaban J connectivity index is 2.11. The molecule has 0 fully saturated rings. The molecule has 2 aromatic rings. The van der Waals surface area contributed by atoms with Crippen LogP contribution in [0.5, 0.6) is 0 Å². The summed E-state index contributed by atoms with van der Waals surface area (Å²) >= 11 is 1.33. The summed E-state index contributed by atoms with van der Waals surface area (Å²) in [5.41, 5.74) is 0.879. The molecule has 6 nitrogen and oxygen atoms in total. The molecule has 0 aliphatic heterocycles. The first-order valence-electron chi connectivity index (χ1n) is 6.31. The standard InChI is InChI=1S/C14H15N5OS/c1-4-7-16-13(20)10(2)21-14-18-17-12(19(14)3)11-6-5-8-15-9-11/h1,5-6,8-10H,7H2,2-3H3,(H,16,20). The predicted molar refractivity (Wildman–Crippen MR) is 81.4 cm³/mol. The maximum atomic E-state index is 11.8. The van der Waals surface area contributed by atoms with Gasteiger partial charge in [-0.2, -0.15) is 0 Å². The van der Waals surface area contributed by atoms with Crippen molar-refractivity contribution >= 4 is 17.7 Å². The zero-order valence-electron chi connectivity index (χ0n) is 11.8. The van der Waals surface area contributed by atoms with Gasteiger partial charge in [-0.15, -0.1) is 16.6 Å². The number of terminal acetylenes is 1. The third-order valence-corrected chi connectivity index (χ3v) is 3.90. The summed E-state index contributed by atoms with van der Waals surface area (Å²) in [6.45, 7) is 2.03. The fraction of sp³-hybridized carbons (Fsp3) is 0.286.